The number of anilines is 1. The summed E-state index contributed by atoms with van der Waals surface area (Å²) in [5.41, 5.74) is 6.87. The van der Waals surface area contributed by atoms with Gasteiger partial charge in [-0.05, 0) is 68.9 Å². The predicted octanol–water partition coefficient (Wildman–Crippen LogP) is 3.86. The SMILES string of the molecule is C[C@]1(O)CCCC(c2cccnc2Oc2ccc(N)cc2)C1. The van der Waals surface area contributed by atoms with Crippen molar-refractivity contribution in [3.05, 3.63) is 48.2 Å². The Kier molecular flexibility index (Phi) is 4.03. The fourth-order valence-electron chi connectivity index (χ4n) is 3.18. The van der Waals surface area contributed by atoms with Crippen molar-refractivity contribution in [2.45, 2.75) is 44.1 Å². The number of ether oxygens (including phenoxy) is 1. The third kappa shape index (κ3) is 3.39. The van der Waals surface area contributed by atoms with Gasteiger partial charge >= 0.3 is 0 Å². The van der Waals surface area contributed by atoms with Crippen LogP contribution in [0.3, 0.4) is 0 Å². The van der Waals surface area contributed by atoms with Gasteiger partial charge in [0, 0.05) is 17.4 Å². The second-order valence-electron chi connectivity index (χ2n) is 6.36. The standard InChI is InChI=1S/C18H22N2O2/c1-18(21)10-2-4-13(12-18)16-5-3-11-20-17(16)22-15-8-6-14(19)7-9-15/h3,5-9,11,13,21H,2,4,10,12,19H2,1H3/t13?,18-/m0/s1. The van der Waals surface area contributed by atoms with Gasteiger partial charge in [-0.2, -0.15) is 0 Å². The van der Waals surface area contributed by atoms with Crippen molar-refractivity contribution < 1.29 is 9.84 Å². The van der Waals surface area contributed by atoms with Crippen LogP contribution in [0.2, 0.25) is 0 Å². The molecule has 0 amide bonds. The lowest BCUT2D eigenvalue weighted by Gasteiger charge is -2.34. The Labute approximate surface area is 131 Å². The van der Waals surface area contributed by atoms with E-state index in [1.165, 1.54) is 0 Å². The molecule has 4 heteroatoms. The zero-order chi connectivity index (χ0) is 15.6. The molecule has 1 fully saturated rings. The molecule has 0 aliphatic heterocycles. The molecule has 0 bridgehead atoms. The van der Waals surface area contributed by atoms with Gasteiger partial charge in [0.15, 0.2) is 0 Å². The maximum absolute atomic E-state index is 10.3. The van der Waals surface area contributed by atoms with Crippen LogP contribution in [0.4, 0.5) is 5.69 Å². The molecule has 0 radical (unpaired) electrons. The Bertz CT molecular complexity index is 638. The van der Waals surface area contributed by atoms with Gasteiger partial charge in [0.25, 0.3) is 0 Å². The van der Waals surface area contributed by atoms with E-state index in [0.29, 0.717) is 11.6 Å². The summed E-state index contributed by atoms with van der Waals surface area (Å²) in [6, 6.07) is 11.3. The number of rotatable bonds is 3. The minimum absolute atomic E-state index is 0.279. The monoisotopic (exact) mass is 298 g/mol. The molecule has 0 spiro atoms. The third-order valence-electron chi connectivity index (χ3n) is 4.29. The zero-order valence-corrected chi connectivity index (χ0v) is 12.8. The summed E-state index contributed by atoms with van der Waals surface area (Å²) in [6.07, 6.45) is 5.42. The summed E-state index contributed by atoms with van der Waals surface area (Å²) in [6.45, 7) is 1.91. The van der Waals surface area contributed by atoms with E-state index in [1.54, 1.807) is 6.20 Å². The summed E-state index contributed by atoms with van der Waals surface area (Å²) in [7, 11) is 0. The van der Waals surface area contributed by atoms with Gasteiger partial charge in [-0.1, -0.05) is 6.07 Å². The Morgan fingerprint density at radius 1 is 1.27 bits per heavy atom. The molecular formula is C18H22N2O2. The fraction of sp³-hybridized carbons (Fsp3) is 0.389. The van der Waals surface area contributed by atoms with Gasteiger partial charge in [-0.15, -0.1) is 0 Å². The van der Waals surface area contributed by atoms with Crippen LogP contribution >= 0.6 is 0 Å². The molecule has 2 aromatic rings. The van der Waals surface area contributed by atoms with Crippen LogP contribution in [-0.2, 0) is 0 Å². The average Bonchev–Trinajstić information content (AvgIpc) is 2.49. The van der Waals surface area contributed by atoms with E-state index in [2.05, 4.69) is 4.98 Å². The first-order chi connectivity index (χ1) is 10.5. The molecule has 1 heterocycles. The van der Waals surface area contributed by atoms with Crippen molar-refractivity contribution >= 4 is 5.69 Å². The molecule has 1 aromatic heterocycles. The maximum atomic E-state index is 10.3. The lowest BCUT2D eigenvalue weighted by molar-refractivity contribution is 0.0142. The number of aliphatic hydroxyl groups is 1. The molecule has 1 unspecified atom stereocenters. The lowest BCUT2D eigenvalue weighted by Crippen LogP contribution is -2.30. The van der Waals surface area contributed by atoms with Gasteiger partial charge in [-0.3, -0.25) is 0 Å². The first-order valence-corrected chi connectivity index (χ1v) is 7.74. The molecule has 3 N–H and O–H groups in total. The molecule has 0 saturated heterocycles. The topological polar surface area (TPSA) is 68.4 Å². The summed E-state index contributed by atoms with van der Waals surface area (Å²) in [4.78, 5) is 4.38. The molecule has 116 valence electrons. The van der Waals surface area contributed by atoms with Crippen molar-refractivity contribution in [3.63, 3.8) is 0 Å². The Morgan fingerprint density at radius 2 is 2.05 bits per heavy atom. The van der Waals surface area contributed by atoms with Crippen LogP contribution in [0.1, 0.15) is 44.1 Å². The highest BCUT2D eigenvalue weighted by Crippen LogP contribution is 2.41. The van der Waals surface area contributed by atoms with Gasteiger partial charge in [0.1, 0.15) is 5.75 Å². The van der Waals surface area contributed by atoms with Crippen LogP contribution in [-0.4, -0.2) is 15.7 Å². The summed E-state index contributed by atoms with van der Waals surface area (Å²) >= 11 is 0. The van der Waals surface area contributed by atoms with Crippen LogP contribution < -0.4 is 10.5 Å². The van der Waals surface area contributed by atoms with Crippen molar-refractivity contribution in [2.24, 2.45) is 0 Å². The minimum Gasteiger partial charge on any atom is -0.439 e. The lowest BCUT2D eigenvalue weighted by atomic mass is 9.76. The second kappa shape index (κ2) is 5.97. The second-order valence-corrected chi connectivity index (χ2v) is 6.36. The van der Waals surface area contributed by atoms with Crippen molar-refractivity contribution in [3.8, 4) is 11.6 Å². The van der Waals surface area contributed by atoms with Gasteiger partial charge < -0.3 is 15.6 Å². The van der Waals surface area contributed by atoms with E-state index in [4.69, 9.17) is 10.5 Å². The Morgan fingerprint density at radius 3 is 2.77 bits per heavy atom. The molecule has 1 saturated carbocycles. The van der Waals surface area contributed by atoms with Crippen LogP contribution in [0.15, 0.2) is 42.6 Å². The van der Waals surface area contributed by atoms with Crippen molar-refractivity contribution in [1.29, 1.82) is 0 Å². The number of hydrogen-bond acceptors (Lipinski definition) is 4. The smallest absolute Gasteiger partial charge is 0.222 e. The quantitative estimate of drug-likeness (QED) is 0.844. The van der Waals surface area contributed by atoms with Crippen LogP contribution in [0.25, 0.3) is 0 Å². The molecule has 4 nitrogen and oxygen atoms in total. The first-order valence-electron chi connectivity index (χ1n) is 7.74. The number of benzene rings is 1. The van der Waals surface area contributed by atoms with E-state index < -0.39 is 5.60 Å². The Balaban J connectivity index is 1.85. The average molecular weight is 298 g/mol. The zero-order valence-electron chi connectivity index (χ0n) is 12.8. The number of aromatic nitrogens is 1. The number of nitrogens with two attached hydrogens (primary N) is 1. The highest BCUT2D eigenvalue weighted by atomic mass is 16.5. The first kappa shape index (κ1) is 14.9. The largest absolute Gasteiger partial charge is 0.439 e. The fourth-order valence-corrected chi connectivity index (χ4v) is 3.18. The Hall–Kier alpha value is -2.07. The van der Waals surface area contributed by atoms with Gasteiger partial charge in [-0.25, -0.2) is 4.98 Å². The molecule has 1 aliphatic rings. The van der Waals surface area contributed by atoms with Crippen molar-refractivity contribution in [2.75, 3.05) is 5.73 Å². The molecule has 1 aliphatic carbocycles. The molecule has 3 rings (SSSR count). The molecule has 1 aromatic carbocycles. The molecule has 22 heavy (non-hydrogen) atoms. The van der Waals surface area contributed by atoms with Crippen molar-refractivity contribution in [1.82, 2.24) is 4.98 Å². The highest BCUT2D eigenvalue weighted by molar-refractivity contribution is 5.43. The van der Waals surface area contributed by atoms with Gasteiger partial charge in [0.05, 0.1) is 5.60 Å². The number of nitrogens with zero attached hydrogens (tertiary/aromatic N) is 1. The normalized spacial score (nSPS) is 24.9. The molecule has 2 atom stereocenters. The minimum atomic E-state index is -0.600. The van der Waals surface area contributed by atoms with Gasteiger partial charge in [0.2, 0.25) is 5.88 Å². The number of pyridine rings is 1. The van der Waals surface area contributed by atoms with E-state index in [-0.39, 0.29) is 5.92 Å². The van der Waals surface area contributed by atoms with E-state index in [1.807, 2.05) is 43.3 Å². The number of hydrogen-bond donors (Lipinski definition) is 2. The van der Waals surface area contributed by atoms with E-state index >= 15 is 0 Å². The van der Waals surface area contributed by atoms with Crippen LogP contribution in [0, 0.1) is 0 Å². The van der Waals surface area contributed by atoms with E-state index in [0.717, 1.165) is 37.0 Å². The molecular weight excluding hydrogens is 276 g/mol. The van der Waals surface area contributed by atoms with E-state index in [9.17, 15) is 5.11 Å². The maximum Gasteiger partial charge on any atom is 0.222 e. The summed E-state index contributed by atoms with van der Waals surface area (Å²) in [5.74, 6) is 1.62. The third-order valence-corrected chi connectivity index (χ3v) is 4.29. The number of nitrogen functional groups attached to an aromatic ring is 1. The predicted molar refractivity (Wildman–Crippen MR) is 87.0 cm³/mol. The summed E-state index contributed by atoms with van der Waals surface area (Å²) in [5, 5.41) is 10.3. The highest BCUT2D eigenvalue weighted by Gasteiger charge is 2.32. The van der Waals surface area contributed by atoms with Crippen LogP contribution in [0.5, 0.6) is 11.6 Å². The summed E-state index contributed by atoms with van der Waals surface area (Å²) < 4.78 is 5.94.